The number of benzene rings is 2. The Morgan fingerprint density at radius 2 is 1.89 bits per heavy atom. The minimum Gasteiger partial charge on any atom is -0.339 e. The number of quaternary nitrogens is 1. The first kappa shape index (κ1) is 19.5. The number of amides is 1. The Morgan fingerprint density at radius 1 is 1.15 bits per heavy atom. The number of hydrogen-bond donors (Lipinski definition) is 2. The van der Waals surface area contributed by atoms with Crippen LogP contribution in [-0.4, -0.2) is 12.5 Å². The minimum absolute atomic E-state index is 0.0652. The summed E-state index contributed by atoms with van der Waals surface area (Å²) < 4.78 is 13.3. The fourth-order valence-corrected chi connectivity index (χ4v) is 4.01. The van der Waals surface area contributed by atoms with Crippen molar-refractivity contribution in [2.24, 2.45) is 0 Å². The summed E-state index contributed by atoms with van der Waals surface area (Å²) in [5.41, 5.74) is 1.85. The number of carbonyl (C=O) groups excluding carboxylic acids is 1. The zero-order valence-corrected chi connectivity index (χ0v) is 16.4. The Kier molecular flexibility index (Phi) is 6.61. The van der Waals surface area contributed by atoms with E-state index >= 15 is 0 Å². The molecule has 0 aliphatic heterocycles. The summed E-state index contributed by atoms with van der Waals surface area (Å²) in [4.78, 5) is 13.6. The van der Waals surface area contributed by atoms with E-state index in [9.17, 15) is 9.18 Å². The van der Waals surface area contributed by atoms with Gasteiger partial charge < -0.3 is 10.6 Å². The van der Waals surface area contributed by atoms with Crippen LogP contribution in [0.5, 0.6) is 0 Å². The number of nitrogens with one attached hydrogen (secondary N) is 1. The fraction of sp³-hybridized carbons (Fsp3) is 0.190. The number of carbonyl (C=O) groups is 1. The number of rotatable bonds is 7. The van der Waals surface area contributed by atoms with E-state index in [2.05, 4.69) is 5.32 Å². The van der Waals surface area contributed by atoms with E-state index in [0.717, 1.165) is 16.0 Å². The highest BCUT2D eigenvalue weighted by molar-refractivity contribution is 7.10. The van der Waals surface area contributed by atoms with Gasteiger partial charge in [-0.15, -0.1) is 11.3 Å². The van der Waals surface area contributed by atoms with Gasteiger partial charge in [-0.25, -0.2) is 4.39 Å². The van der Waals surface area contributed by atoms with Crippen molar-refractivity contribution in [2.75, 3.05) is 6.54 Å². The van der Waals surface area contributed by atoms with Crippen LogP contribution in [0.15, 0.2) is 66.0 Å². The third-order valence-electron chi connectivity index (χ3n) is 4.39. The lowest BCUT2D eigenvalue weighted by molar-refractivity contribution is -0.682. The van der Waals surface area contributed by atoms with Gasteiger partial charge in [0.25, 0.3) is 5.91 Å². The highest BCUT2D eigenvalue weighted by Crippen LogP contribution is 2.26. The Bertz CT molecular complexity index is 883. The third kappa shape index (κ3) is 5.16. The summed E-state index contributed by atoms with van der Waals surface area (Å²) in [7, 11) is 0. The second kappa shape index (κ2) is 9.13. The maximum atomic E-state index is 13.3. The monoisotopic (exact) mass is 403 g/mol. The van der Waals surface area contributed by atoms with Crippen LogP contribution in [0.1, 0.15) is 35.0 Å². The van der Waals surface area contributed by atoms with Crippen molar-refractivity contribution in [1.82, 2.24) is 5.32 Å². The molecule has 0 aliphatic carbocycles. The molecule has 2 aromatic carbocycles. The van der Waals surface area contributed by atoms with E-state index < -0.39 is 0 Å². The third-order valence-corrected chi connectivity index (χ3v) is 5.67. The average molecular weight is 404 g/mol. The Hall–Kier alpha value is -2.21. The minimum atomic E-state index is -0.295. The van der Waals surface area contributed by atoms with Crippen LogP contribution in [0.2, 0.25) is 5.02 Å². The van der Waals surface area contributed by atoms with Crippen LogP contribution < -0.4 is 10.6 Å². The summed E-state index contributed by atoms with van der Waals surface area (Å²) in [5.74, 6) is -0.381. The Labute approximate surface area is 167 Å². The molecule has 0 saturated carbocycles. The van der Waals surface area contributed by atoms with Gasteiger partial charge in [0.2, 0.25) is 0 Å². The molecule has 3 N–H and O–H groups in total. The van der Waals surface area contributed by atoms with Crippen molar-refractivity contribution < 1.29 is 14.5 Å². The van der Waals surface area contributed by atoms with Gasteiger partial charge in [-0.2, -0.15) is 0 Å². The van der Waals surface area contributed by atoms with Crippen LogP contribution in [0.3, 0.4) is 0 Å². The average Bonchev–Trinajstić information content (AvgIpc) is 3.20. The van der Waals surface area contributed by atoms with Crippen molar-refractivity contribution in [3.63, 3.8) is 0 Å². The zero-order valence-electron chi connectivity index (χ0n) is 14.9. The number of hydrogen-bond acceptors (Lipinski definition) is 2. The molecule has 27 heavy (non-hydrogen) atoms. The molecule has 3 aromatic rings. The van der Waals surface area contributed by atoms with E-state index in [0.29, 0.717) is 5.02 Å². The quantitative estimate of drug-likeness (QED) is 0.613. The van der Waals surface area contributed by atoms with E-state index in [1.54, 1.807) is 23.5 Å². The summed E-state index contributed by atoms with van der Waals surface area (Å²) in [6, 6.07) is 17.6. The van der Waals surface area contributed by atoms with Gasteiger partial charge in [0.15, 0.2) is 6.54 Å². The van der Waals surface area contributed by atoms with Gasteiger partial charge in [-0.05, 0) is 42.1 Å². The zero-order chi connectivity index (χ0) is 19.2. The number of halogens is 2. The van der Waals surface area contributed by atoms with Crippen LogP contribution >= 0.6 is 22.9 Å². The van der Waals surface area contributed by atoms with Crippen LogP contribution in [0, 0.1) is 5.82 Å². The van der Waals surface area contributed by atoms with Gasteiger partial charge in [-0.1, -0.05) is 48.0 Å². The van der Waals surface area contributed by atoms with Crippen molar-refractivity contribution in [3.8, 4) is 0 Å². The smallest absolute Gasteiger partial charge is 0.275 e. The molecular formula is C21H21ClFN2OS+. The van der Waals surface area contributed by atoms with E-state index in [1.165, 1.54) is 12.1 Å². The lowest BCUT2D eigenvalue weighted by Gasteiger charge is -2.19. The van der Waals surface area contributed by atoms with E-state index in [4.69, 9.17) is 11.6 Å². The molecule has 3 rings (SSSR count). The maximum Gasteiger partial charge on any atom is 0.275 e. The van der Waals surface area contributed by atoms with E-state index in [-0.39, 0.29) is 30.4 Å². The molecule has 0 fully saturated rings. The molecule has 6 heteroatoms. The first-order valence-electron chi connectivity index (χ1n) is 8.70. The Morgan fingerprint density at radius 3 is 2.56 bits per heavy atom. The first-order chi connectivity index (χ1) is 13.0. The molecule has 2 atom stereocenters. The normalized spacial score (nSPS) is 13.1. The maximum absolute atomic E-state index is 13.3. The largest absolute Gasteiger partial charge is 0.339 e. The molecule has 1 aromatic heterocycles. The van der Waals surface area contributed by atoms with Gasteiger partial charge in [0.05, 0.1) is 6.04 Å². The van der Waals surface area contributed by atoms with Gasteiger partial charge in [0.1, 0.15) is 11.9 Å². The highest BCUT2D eigenvalue weighted by Gasteiger charge is 2.20. The molecule has 0 spiro atoms. The van der Waals surface area contributed by atoms with Crippen LogP contribution in [0.25, 0.3) is 0 Å². The lowest BCUT2D eigenvalue weighted by atomic mass is 10.1. The van der Waals surface area contributed by atoms with Crippen molar-refractivity contribution in [1.29, 1.82) is 0 Å². The second-order valence-electron chi connectivity index (χ2n) is 6.32. The molecule has 3 nitrogen and oxygen atoms in total. The molecule has 0 bridgehead atoms. The molecule has 1 amide bonds. The first-order valence-corrected chi connectivity index (χ1v) is 9.96. The fourth-order valence-electron chi connectivity index (χ4n) is 2.90. The predicted molar refractivity (Wildman–Crippen MR) is 107 cm³/mol. The van der Waals surface area contributed by atoms with Crippen LogP contribution in [0.4, 0.5) is 4.39 Å². The number of thiophene rings is 1. The standard InChI is InChI=1S/C21H20ClFN2OS/c1-14(17-5-2-3-6-18(17)22)24-13-20(26)25-21(19-7-4-12-27-19)15-8-10-16(23)11-9-15/h2-12,14,21,24H,13H2,1H3,(H,25,26)/p+1/t14-,21-/m1/s1. The molecular weight excluding hydrogens is 383 g/mol. The van der Waals surface area contributed by atoms with Crippen molar-refractivity contribution >= 4 is 28.8 Å². The molecule has 140 valence electrons. The lowest BCUT2D eigenvalue weighted by Crippen LogP contribution is -2.87. The highest BCUT2D eigenvalue weighted by atomic mass is 35.5. The van der Waals surface area contributed by atoms with Gasteiger partial charge in [0, 0.05) is 15.5 Å². The SMILES string of the molecule is C[C@@H]([NH2+]CC(=O)N[C@H](c1ccc(F)cc1)c1cccs1)c1ccccc1Cl. The van der Waals surface area contributed by atoms with Crippen molar-refractivity contribution in [2.45, 2.75) is 19.0 Å². The summed E-state index contributed by atoms with van der Waals surface area (Å²) in [5, 5.41) is 7.67. The molecule has 0 radical (unpaired) electrons. The van der Waals surface area contributed by atoms with Gasteiger partial charge in [-0.3, -0.25) is 4.79 Å². The topological polar surface area (TPSA) is 45.7 Å². The molecule has 0 saturated heterocycles. The van der Waals surface area contributed by atoms with E-state index in [1.807, 2.05) is 54.0 Å². The Balaban J connectivity index is 1.66. The van der Waals surface area contributed by atoms with Crippen LogP contribution in [-0.2, 0) is 4.79 Å². The molecule has 1 heterocycles. The molecule has 0 unspecified atom stereocenters. The van der Waals surface area contributed by atoms with Crippen molar-refractivity contribution in [3.05, 3.63) is 92.9 Å². The summed E-state index contributed by atoms with van der Waals surface area (Å²) in [6.45, 7) is 2.29. The number of nitrogens with two attached hydrogens (primary N) is 1. The predicted octanol–water partition coefficient (Wildman–Crippen LogP) is 4.07. The summed E-state index contributed by atoms with van der Waals surface area (Å²) >= 11 is 7.79. The summed E-state index contributed by atoms with van der Waals surface area (Å²) in [6.07, 6.45) is 0. The molecule has 0 aliphatic rings. The van der Waals surface area contributed by atoms with Gasteiger partial charge >= 0.3 is 0 Å². The second-order valence-corrected chi connectivity index (χ2v) is 7.70.